The number of nitrogens with zero attached hydrogens (tertiary/aromatic N) is 8. The molecule has 3 aromatic rings. The van der Waals surface area contributed by atoms with Gasteiger partial charge in [0.15, 0.2) is 5.82 Å². The minimum atomic E-state index is -0.509. The maximum Gasteiger partial charge on any atom is 0.227 e. The first-order valence-corrected chi connectivity index (χ1v) is 11.5. The summed E-state index contributed by atoms with van der Waals surface area (Å²) >= 11 is 0. The summed E-state index contributed by atoms with van der Waals surface area (Å²) in [6.45, 7) is 6.70. The summed E-state index contributed by atoms with van der Waals surface area (Å²) in [6.07, 6.45) is 1.52. The highest BCUT2D eigenvalue weighted by Gasteiger charge is 2.36. The third-order valence-electron chi connectivity index (χ3n) is 6.87. The molecule has 1 aromatic carbocycles. The molecule has 2 atom stereocenters. The highest BCUT2D eigenvalue weighted by atomic mass is 19.1. The summed E-state index contributed by atoms with van der Waals surface area (Å²) in [4.78, 5) is 21.8. The molecule has 35 heavy (non-hydrogen) atoms. The number of aromatic nitrogens is 5. The van der Waals surface area contributed by atoms with E-state index in [2.05, 4.69) is 25.4 Å². The summed E-state index contributed by atoms with van der Waals surface area (Å²) in [6, 6.07) is 8.78. The van der Waals surface area contributed by atoms with Crippen LogP contribution in [0.1, 0.15) is 34.1 Å². The Labute approximate surface area is 201 Å². The molecule has 11 heteroatoms. The quantitative estimate of drug-likeness (QED) is 0.557. The number of halogens is 1. The first-order chi connectivity index (χ1) is 16.9. The molecule has 2 aliphatic heterocycles. The molecule has 2 fully saturated rings. The van der Waals surface area contributed by atoms with Gasteiger partial charge in [-0.1, -0.05) is 12.1 Å². The molecule has 2 unspecified atom stereocenters. The Hall–Kier alpha value is -3.75. The van der Waals surface area contributed by atoms with Crippen LogP contribution >= 0.6 is 0 Å². The van der Waals surface area contributed by atoms with Crippen LogP contribution in [0.5, 0.6) is 0 Å². The van der Waals surface area contributed by atoms with Gasteiger partial charge in [-0.2, -0.15) is 9.94 Å². The fraction of sp³-hybridized carbons (Fsp3) is 0.417. The number of morpholine rings is 1. The number of pyridine rings is 1. The fourth-order valence-corrected chi connectivity index (χ4v) is 4.81. The number of piperazine rings is 1. The average molecular weight is 477 g/mol. The number of hydrogen-bond donors (Lipinski definition) is 0. The summed E-state index contributed by atoms with van der Waals surface area (Å²) < 4.78 is 21.5. The van der Waals surface area contributed by atoms with E-state index in [1.165, 1.54) is 17.1 Å². The Morgan fingerprint density at radius 1 is 1.23 bits per heavy atom. The fourth-order valence-electron chi connectivity index (χ4n) is 4.81. The van der Waals surface area contributed by atoms with Gasteiger partial charge in [0, 0.05) is 31.9 Å². The Morgan fingerprint density at radius 2 is 2.09 bits per heavy atom. The van der Waals surface area contributed by atoms with Gasteiger partial charge >= 0.3 is 0 Å². The second-order valence-electron chi connectivity index (χ2n) is 8.90. The van der Waals surface area contributed by atoms with Crippen molar-refractivity contribution in [3.05, 3.63) is 64.4 Å². The lowest BCUT2D eigenvalue weighted by molar-refractivity contribution is -0.139. The van der Waals surface area contributed by atoms with E-state index in [0.29, 0.717) is 37.6 Å². The molecule has 0 spiro atoms. The molecule has 0 saturated carbocycles. The van der Waals surface area contributed by atoms with Gasteiger partial charge in [-0.3, -0.25) is 9.69 Å². The smallest absolute Gasteiger partial charge is 0.227 e. The first kappa shape index (κ1) is 23.0. The molecule has 1 amide bonds. The van der Waals surface area contributed by atoms with Gasteiger partial charge in [-0.05, 0) is 53.1 Å². The summed E-state index contributed by atoms with van der Waals surface area (Å²) in [7, 11) is 0. The topological polar surface area (TPSA) is 113 Å². The molecule has 5 rings (SSSR count). The second kappa shape index (κ2) is 9.48. The molecule has 2 aromatic heterocycles. The number of carbonyl (C=O) groups is 1. The van der Waals surface area contributed by atoms with Crippen molar-refractivity contribution in [3.63, 3.8) is 0 Å². The van der Waals surface area contributed by atoms with Crippen molar-refractivity contribution in [2.24, 2.45) is 0 Å². The minimum absolute atomic E-state index is 0.0555. The Kier molecular flexibility index (Phi) is 6.23. The number of rotatable bonds is 4. The van der Waals surface area contributed by atoms with Crippen LogP contribution in [0.15, 0.2) is 30.6 Å². The SMILES string of the molecule is Cc1nc(-n2cnnn2)ccc1CC(=O)N1CCN2CC(c3ccc(F)c(C#N)c3C)OCC2C1. The van der Waals surface area contributed by atoms with E-state index in [-0.39, 0.29) is 30.0 Å². The zero-order chi connectivity index (χ0) is 24.5. The molecule has 0 N–H and O–H groups in total. The molecule has 0 radical (unpaired) electrons. The number of amides is 1. The summed E-state index contributed by atoms with van der Waals surface area (Å²) in [5.74, 6) is 0.148. The first-order valence-electron chi connectivity index (χ1n) is 11.5. The minimum Gasteiger partial charge on any atom is -0.370 e. The van der Waals surface area contributed by atoms with Crippen LogP contribution in [0.2, 0.25) is 0 Å². The number of aryl methyl sites for hydroxylation is 1. The van der Waals surface area contributed by atoms with Gasteiger partial charge in [-0.25, -0.2) is 9.37 Å². The molecule has 10 nitrogen and oxygen atoms in total. The lowest BCUT2D eigenvalue weighted by Crippen LogP contribution is -2.59. The maximum atomic E-state index is 13.9. The molecule has 4 heterocycles. The molecule has 2 aliphatic rings. The van der Waals surface area contributed by atoms with Gasteiger partial charge < -0.3 is 9.64 Å². The van der Waals surface area contributed by atoms with E-state index in [0.717, 1.165) is 23.4 Å². The van der Waals surface area contributed by atoms with Crippen LogP contribution in [0, 0.1) is 31.0 Å². The Balaban J connectivity index is 1.21. The zero-order valence-electron chi connectivity index (χ0n) is 19.6. The third-order valence-corrected chi connectivity index (χ3v) is 6.87. The van der Waals surface area contributed by atoms with Gasteiger partial charge in [0.1, 0.15) is 18.2 Å². The van der Waals surface area contributed by atoms with E-state index in [1.807, 2.05) is 24.0 Å². The number of carbonyl (C=O) groups excluding carboxylic acids is 1. The molecule has 0 aliphatic carbocycles. The Morgan fingerprint density at radius 3 is 2.83 bits per heavy atom. The van der Waals surface area contributed by atoms with Crippen molar-refractivity contribution in [1.82, 2.24) is 35.0 Å². The summed E-state index contributed by atoms with van der Waals surface area (Å²) in [5.41, 5.74) is 3.17. The molecule has 2 saturated heterocycles. The van der Waals surface area contributed by atoms with E-state index in [4.69, 9.17) is 4.74 Å². The number of benzene rings is 1. The van der Waals surface area contributed by atoms with Crippen molar-refractivity contribution >= 4 is 5.91 Å². The van der Waals surface area contributed by atoms with Crippen LogP contribution in [0.25, 0.3) is 5.82 Å². The lowest BCUT2D eigenvalue weighted by Gasteiger charge is -2.46. The van der Waals surface area contributed by atoms with Gasteiger partial charge in [-0.15, -0.1) is 5.10 Å². The second-order valence-corrected chi connectivity index (χ2v) is 8.90. The van der Waals surface area contributed by atoms with Gasteiger partial charge in [0.25, 0.3) is 0 Å². The van der Waals surface area contributed by atoms with Crippen LogP contribution < -0.4 is 0 Å². The van der Waals surface area contributed by atoms with Crippen molar-refractivity contribution in [3.8, 4) is 11.9 Å². The zero-order valence-corrected chi connectivity index (χ0v) is 19.6. The van der Waals surface area contributed by atoms with Crippen molar-refractivity contribution in [2.45, 2.75) is 32.4 Å². The molecular formula is C24H25FN8O2. The van der Waals surface area contributed by atoms with E-state index in [1.54, 1.807) is 19.1 Å². The molecule has 0 bridgehead atoms. The average Bonchev–Trinajstić information content (AvgIpc) is 3.40. The molecular weight excluding hydrogens is 451 g/mol. The van der Waals surface area contributed by atoms with E-state index >= 15 is 0 Å². The number of nitriles is 1. The van der Waals surface area contributed by atoms with Crippen molar-refractivity contribution in [1.29, 1.82) is 5.26 Å². The van der Waals surface area contributed by atoms with Crippen molar-refractivity contribution in [2.75, 3.05) is 32.8 Å². The van der Waals surface area contributed by atoms with Crippen LogP contribution in [-0.4, -0.2) is 79.7 Å². The van der Waals surface area contributed by atoms with Crippen molar-refractivity contribution < 1.29 is 13.9 Å². The highest BCUT2D eigenvalue weighted by molar-refractivity contribution is 5.79. The maximum absolute atomic E-state index is 13.9. The highest BCUT2D eigenvalue weighted by Crippen LogP contribution is 2.31. The Bertz CT molecular complexity index is 1290. The van der Waals surface area contributed by atoms with Crippen LogP contribution in [0.4, 0.5) is 4.39 Å². The lowest BCUT2D eigenvalue weighted by atomic mass is 9.96. The largest absolute Gasteiger partial charge is 0.370 e. The van der Waals surface area contributed by atoms with E-state index in [9.17, 15) is 14.4 Å². The number of fused-ring (bicyclic) bond motifs is 1. The number of hydrogen-bond acceptors (Lipinski definition) is 8. The third kappa shape index (κ3) is 4.50. The van der Waals surface area contributed by atoms with Crippen LogP contribution in [-0.2, 0) is 16.0 Å². The monoisotopic (exact) mass is 476 g/mol. The normalized spacial score (nSPS) is 20.3. The van der Waals surface area contributed by atoms with Crippen LogP contribution in [0.3, 0.4) is 0 Å². The van der Waals surface area contributed by atoms with E-state index < -0.39 is 5.82 Å². The standard InChI is InChI=1S/C24H25FN8O2/c1-15-19(4-5-21(25)20(15)10-26)22-12-31-7-8-32(11-18(31)13-35-22)24(34)9-17-3-6-23(28-16(17)2)33-14-27-29-30-33/h3-6,14,18,22H,7-9,11-13H2,1-2H3. The summed E-state index contributed by atoms with van der Waals surface area (Å²) in [5, 5.41) is 20.4. The number of ether oxygens (including phenoxy) is 1. The predicted molar refractivity (Wildman–Crippen MR) is 122 cm³/mol. The molecule has 180 valence electrons. The van der Waals surface area contributed by atoms with Gasteiger partial charge in [0.05, 0.1) is 30.7 Å². The van der Waals surface area contributed by atoms with Gasteiger partial charge in [0.2, 0.25) is 5.91 Å². The predicted octanol–water partition coefficient (Wildman–Crippen LogP) is 1.51. The number of tetrazole rings is 1.